The Morgan fingerprint density at radius 2 is 1.59 bits per heavy atom. The van der Waals surface area contributed by atoms with E-state index < -0.39 is 10.0 Å². The van der Waals surface area contributed by atoms with Gasteiger partial charge >= 0.3 is 0 Å². The maximum atomic E-state index is 12.2. The fourth-order valence-corrected chi connectivity index (χ4v) is 3.39. The lowest BCUT2D eigenvalue weighted by atomic mass is 10.0. The maximum absolute atomic E-state index is 12.2. The Balaban J connectivity index is 1.49. The van der Waals surface area contributed by atoms with Crippen molar-refractivity contribution >= 4 is 15.9 Å². The molecule has 2 aromatic carbocycles. The highest BCUT2D eigenvalue weighted by Gasteiger charge is 2.12. The molecule has 2 N–H and O–H groups in total. The molecule has 3 aromatic rings. The molecule has 140 valence electrons. The molecule has 0 aliphatic carbocycles. The number of amides is 1. The molecule has 0 aliphatic rings. The van der Waals surface area contributed by atoms with Crippen LogP contribution in [0.2, 0.25) is 0 Å². The van der Waals surface area contributed by atoms with Gasteiger partial charge in [-0.05, 0) is 35.4 Å². The molecule has 0 aliphatic heterocycles. The number of sulfonamides is 1. The Morgan fingerprint density at radius 1 is 0.889 bits per heavy atom. The van der Waals surface area contributed by atoms with Crippen molar-refractivity contribution < 1.29 is 17.6 Å². The molecule has 7 heteroatoms. The van der Waals surface area contributed by atoms with E-state index in [-0.39, 0.29) is 24.7 Å². The zero-order chi connectivity index (χ0) is 19.1. The van der Waals surface area contributed by atoms with Crippen LogP contribution >= 0.6 is 0 Å². The summed E-state index contributed by atoms with van der Waals surface area (Å²) in [7, 11) is -3.50. The second-order valence-electron chi connectivity index (χ2n) is 5.92. The lowest BCUT2D eigenvalue weighted by molar-refractivity contribution is 0.0956. The van der Waals surface area contributed by atoms with Crippen LogP contribution in [0.4, 0.5) is 0 Å². The number of hydrogen-bond donors (Lipinski definition) is 2. The molecule has 1 aromatic heterocycles. The number of rotatable bonds is 8. The van der Waals surface area contributed by atoms with Crippen molar-refractivity contribution in [2.24, 2.45) is 0 Å². The fraction of sp³-hybridized carbons (Fsp3) is 0.150. The minimum absolute atomic E-state index is 0.0206. The first-order chi connectivity index (χ1) is 13.0. The van der Waals surface area contributed by atoms with Crippen molar-refractivity contribution in [1.29, 1.82) is 0 Å². The third-order valence-electron chi connectivity index (χ3n) is 3.96. The van der Waals surface area contributed by atoms with Gasteiger partial charge in [-0.3, -0.25) is 4.79 Å². The molecule has 27 heavy (non-hydrogen) atoms. The van der Waals surface area contributed by atoms with Crippen molar-refractivity contribution in [2.75, 3.05) is 12.3 Å². The third-order valence-corrected chi connectivity index (χ3v) is 5.28. The molecule has 3 rings (SSSR count). The second-order valence-corrected chi connectivity index (χ2v) is 7.85. The van der Waals surface area contributed by atoms with Crippen molar-refractivity contribution in [3.63, 3.8) is 0 Å². The quantitative estimate of drug-likeness (QED) is 0.625. The van der Waals surface area contributed by atoms with Crippen LogP contribution in [0.25, 0.3) is 11.1 Å². The summed E-state index contributed by atoms with van der Waals surface area (Å²) in [6.45, 7) is 0.108. The average Bonchev–Trinajstić information content (AvgIpc) is 3.21. The van der Waals surface area contributed by atoms with Gasteiger partial charge in [0, 0.05) is 12.1 Å². The Hall–Kier alpha value is -2.90. The van der Waals surface area contributed by atoms with Gasteiger partial charge in [0.15, 0.2) is 0 Å². The molecule has 6 nitrogen and oxygen atoms in total. The van der Waals surface area contributed by atoms with Gasteiger partial charge in [0.2, 0.25) is 10.0 Å². The van der Waals surface area contributed by atoms with Crippen LogP contribution in [0.5, 0.6) is 0 Å². The summed E-state index contributed by atoms with van der Waals surface area (Å²) in [4.78, 5) is 12.2. The van der Waals surface area contributed by atoms with E-state index in [0.29, 0.717) is 11.3 Å². The van der Waals surface area contributed by atoms with Crippen LogP contribution in [-0.4, -0.2) is 26.6 Å². The zero-order valence-corrected chi connectivity index (χ0v) is 15.4. The Morgan fingerprint density at radius 3 is 2.26 bits per heavy atom. The number of carbonyl (C=O) groups excluding carboxylic acids is 1. The van der Waals surface area contributed by atoms with E-state index in [9.17, 15) is 13.2 Å². The van der Waals surface area contributed by atoms with Crippen LogP contribution in [0.1, 0.15) is 16.1 Å². The first kappa shape index (κ1) is 18.9. The Bertz CT molecular complexity index is 967. The van der Waals surface area contributed by atoms with Gasteiger partial charge in [0.1, 0.15) is 5.76 Å². The predicted octanol–water partition coefficient (Wildman–Crippen LogP) is 2.80. The first-order valence-corrected chi connectivity index (χ1v) is 10.1. The van der Waals surface area contributed by atoms with Crippen LogP contribution in [0.3, 0.4) is 0 Å². The van der Waals surface area contributed by atoms with Gasteiger partial charge in [-0.25, -0.2) is 13.1 Å². The van der Waals surface area contributed by atoms with E-state index in [0.717, 1.165) is 11.1 Å². The van der Waals surface area contributed by atoms with E-state index in [1.807, 2.05) is 42.5 Å². The molecule has 0 spiro atoms. The highest BCUT2D eigenvalue weighted by Crippen LogP contribution is 2.19. The number of nitrogens with one attached hydrogen (secondary N) is 2. The van der Waals surface area contributed by atoms with Gasteiger partial charge in [-0.1, -0.05) is 42.5 Å². The number of carbonyl (C=O) groups is 1. The summed E-state index contributed by atoms with van der Waals surface area (Å²) in [5.74, 6) is 0.0126. The summed E-state index contributed by atoms with van der Waals surface area (Å²) >= 11 is 0. The Kier molecular flexibility index (Phi) is 6.05. The molecule has 0 fully saturated rings. The number of benzene rings is 2. The van der Waals surface area contributed by atoms with Crippen molar-refractivity contribution in [1.82, 2.24) is 10.0 Å². The molecule has 0 radical (unpaired) electrons. The molecule has 0 bridgehead atoms. The fourth-order valence-electron chi connectivity index (χ4n) is 2.51. The first-order valence-electron chi connectivity index (χ1n) is 8.47. The zero-order valence-electron chi connectivity index (χ0n) is 14.6. The summed E-state index contributed by atoms with van der Waals surface area (Å²) < 4.78 is 31.4. The average molecular weight is 384 g/mol. The van der Waals surface area contributed by atoms with Gasteiger partial charge in [-0.15, -0.1) is 0 Å². The summed E-state index contributed by atoms with van der Waals surface area (Å²) in [5, 5.41) is 2.63. The third kappa shape index (κ3) is 5.54. The largest absolute Gasteiger partial charge is 0.468 e. The number of hydrogen-bond acceptors (Lipinski definition) is 4. The van der Waals surface area contributed by atoms with Crippen LogP contribution in [0, 0.1) is 0 Å². The van der Waals surface area contributed by atoms with E-state index in [2.05, 4.69) is 10.0 Å². The van der Waals surface area contributed by atoms with Gasteiger partial charge < -0.3 is 9.73 Å². The SMILES string of the molecule is O=C(NCCS(=O)(=O)NCc1ccco1)c1ccc(-c2ccccc2)cc1. The monoisotopic (exact) mass is 384 g/mol. The predicted molar refractivity (Wildman–Crippen MR) is 104 cm³/mol. The van der Waals surface area contributed by atoms with Gasteiger partial charge in [-0.2, -0.15) is 0 Å². The molecule has 0 unspecified atom stereocenters. The Labute approximate surface area is 158 Å². The summed E-state index contributed by atoms with van der Waals surface area (Å²) in [6.07, 6.45) is 1.48. The topological polar surface area (TPSA) is 88.4 Å². The summed E-state index contributed by atoms with van der Waals surface area (Å²) in [5.41, 5.74) is 2.56. The van der Waals surface area contributed by atoms with E-state index in [1.165, 1.54) is 6.26 Å². The summed E-state index contributed by atoms with van der Waals surface area (Å²) in [6, 6.07) is 20.4. The van der Waals surface area contributed by atoms with Crippen molar-refractivity contribution in [2.45, 2.75) is 6.54 Å². The lowest BCUT2D eigenvalue weighted by Crippen LogP contribution is -2.34. The molecular formula is C20H20N2O4S. The highest BCUT2D eigenvalue weighted by atomic mass is 32.2. The van der Waals surface area contributed by atoms with E-state index in [4.69, 9.17) is 4.42 Å². The van der Waals surface area contributed by atoms with Gasteiger partial charge in [0.05, 0.1) is 18.6 Å². The van der Waals surface area contributed by atoms with E-state index in [1.54, 1.807) is 24.3 Å². The molecule has 0 atom stereocenters. The minimum Gasteiger partial charge on any atom is -0.468 e. The van der Waals surface area contributed by atoms with Crippen molar-refractivity contribution in [3.05, 3.63) is 84.3 Å². The van der Waals surface area contributed by atoms with Crippen LogP contribution in [-0.2, 0) is 16.6 Å². The van der Waals surface area contributed by atoms with Crippen LogP contribution < -0.4 is 10.0 Å². The number of furan rings is 1. The molecule has 1 heterocycles. The normalized spacial score (nSPS) is 11.3. The smallest absolute Gasteiger partial charge is 0.251 e. The van der Waals surface area contributed by atoms with Crippen LogP contribution in [0.15, 0.2) is 77.4 Å². The lowest BCUT2D eigenvalue weighted by Gasteiger charge is -2.08. The molecular weight excluding hydrogens is 364 g/mol. The molecule has 0 saturated carbocycles. The molecule has 1 amide bonds. The standard InChI is InChI=1S/C20H20N2O4S/c23-20(18-10-8-17(9-11-18)16-5-2-1-3-6-16)21-12-14-27(24,25)22-15-19-7-4-13-26-19/h1-11,13,22H,12,14-15H2,(H,21,23). The maximum Gasteiger partial charge on any atom is 0.251 e. The molecule has 0 saturated heterocycles. The minimum atomic E-state index is -3.50. The van der Waals surface area contributed by atoms with Gasteiger partial charge in [0.25, 0.3) is 5.91 Å². The van der Waals surface area contributed by atoms with Crippen molar-refractivity contribution in [3.8, 4) is 11.1 Å². The van der Waals surface area contributed by atoms with E-state index >= 15 is 0 Å². The second kappa shape index (κ2) is 8.66. The highest BCUT2D eigenvalue weighted by molar-refractivity contribution is 7.89.